The third-order valence-electron chi connectivity index (χ3n) is 5.74. The smallest absolute Gasteiger partial charge is 0.279 e. The first-order chi connectivity index (χ1) is 15.8. The van der Waals surface area contributed by atoms with Crippen LogP contribution in [0, 0.1) is 5.92 Å². The number of hydrogen-bond donors (Lipinski definition) is 1. The fourth-order valence-electron chi connectivity index (χ4n) is 4.02. The van der Waals surface area contributed by atoms with Gasteiger partial charge in [-0.25, -0.2) is 9.67 Å². The van der Waals surface area contributed by atoms with Crippen molar-refractivity contribution in [2.24, 2.45) is 13.0 Å². The van der Waals surface area contributed by atoms with E-state index in [9.17, 15) is 9.59 Å². The number of amides is 1. The van der Waals surface area contributed by atoms with Crippen LogP contribution in [0.5, 0.6) is 11.5 Å². The number of aromatic nitrogens is 4. The van der Waals surface area contributed by atoms with Gasteiger partial charge in [0, 0.05) is 12.4 Å². The molecule has 0 fully saturated rings. The molecule has 0 bridgehead atoms. The maximum Gasteiger partial charge on any atom is 0.279 e. The van der Waals surface area contributed by atoms with Crippen LogP contribution < -0.4 is 20.3 Å². The van der Waals surface area contributed by atoms with Gasteiger partial charge in [0.25, 0.3) is 5.56 Å². The minimum absolute atomic E-state index is 0.0788. The van der Waals surface area contributed by atoms with Gasteiger partial charge in [-0.2, -0.15) is 5.10 Å². The third kappa shape index (κ3) is 4.02. The van der Waals surface area contributed by atoms with Crippen LogP contribution in [0.2, 0.25) is 0 Å². The second kappa shape index (κ2) is 8.93. The van der Waals surface area contributed by atoms with Gasteiger partial charge in [-0.3, -0.25) is 9.59 Å². The number of fused-ring (bicyclic) bond motifs is 2. The summed E-state index contributed by atoms with van der Waals surface area (Å²) >= 11 is 0. The lowest BCUT2D eigenvalue weighted by atomic mass is 10.0. The van der Waals surface area contributed by atoms with Gasteiger partial charge in [0.2, 0.25) is 5.91 Å². The summed E-state index contributed by atoms with van der Waals surface area (Å²) in [6.07, 6.45) is 1.54. The third-order valence-corrected chi connectivity index (χ3v) is 5.74. The largest absolute Gasteiger partial charge is 0.493 e. The van der Waals surface area contributed by atoms with Crippen molar-refractivity contribution < 1.29 is 14.3 Å². The monoisotopic (exact) mass is 449 g/mol. The Bertz CT molecular complexity index is 1390. The maximum atomic E-state index is 13.1. The van der Waals surface area contributed by atoms with E-state index < -0.39 is 5.56 Å². The number of nitrogens with one attached hydrogen (secondary N) is 1. The number of methoxy groups -OCH3 is 2. The van der Waals surface area contributed by atoms with Crippen molar-refractivity contribution in [1.29, 1.82) is 0 Å². The average molecular weight is 450 g/mol. The Labute approximate surface area is 190 Å². The Balaban J connectivity index is 1.65. The van der Waals surface area contributed by atoms with E-state index in [-0.39, 0.29) is 24.4 Å². The van der Waals surface area contributed by atoms with E-state index >= 15 is 0 Å². The normalized spacial score (nSPS) is 12.3. The Morgan fingerprint density at radius 2 is 1.88 bits per heavy atom. The number of carbonyl (C=O) groups is 1. The Kier molecular flexibility index (Phi) is 6.04. The lowest BCUT2D eigenvalue weighted by Gasteiger charge is -2.22. The van der Waals surface area contributed by atoms with Gasteiger partial charge in [-0.1, -0.05) is 26.0 Å². The van der Waals surface area contributed by atoms with Crippen molar-refractivity contribution in [3.8, 4) is 11.5 Å². The molecule has 1 atom stereocenters. The number of ether oxygens (including phenoxy) is 2. The van der Waals surface area contributed by atoms with Gasteiger partial charge in [0.1, 0.15) is 12.4 Å². The fourth-order valence-corrected chi connectivity index (χ4v) is 4.02. The fraction of sp³-hybridized carbons (Fsp3) is 0.333. The number of aryl methyl sites for hydroxylation is 1. The van der Waals surface area contributed by atoms with Crippen LogP contribution in [0.4, 0.5) is 0 Å². The number of rotatable bonds is 7. The molecule has 0 aliphatic rings. The molecule has 0 radical (unpaired) electrons. The molecule has 2 aromatic heterocycles. The van der Waals surface area contributed by atoms with Crippen LogP contribution >= 0.6 is 0 Å². The van der Waals surface area contributed by atoms with Crippen LogP contribution in [0.25, 0.3) is 21.8 Å². The van der Waals surface area contributed by atoms with E-state index in [1.54, 1.807) is 12.1 Å². The first-order valence-corrected chi connectivity index (χ1v) is 10.7. The summed E-state index contributed by atoms with van der Waals surface area (Å²) in [5.41, 5.74) is 1.42. The summed E-state index contributed by atoms with van der Waals surface area (Å²) in [7, 11) is 4.91. The summed E-state index contributed by atoms with van der Waals surface area (Å²) in [4.78, 5) is 30.9. The van der Waals surface area contributed by atoms with E-state index in [4.69, 9.17) is 14.5 Å². The molecule has 0 aliphatic carbocycles. The molecule has 0 aliphatic heterocycles. The first kappa shape index (κ1) is 22.3. The molecular weight excluding hydrogens is 422 g/mol. The highest BCUT2D eigenvalue weighted by molar-refractivity contribution is 5.89. The van der Waals surface area contributed by atoms with Gasteiger partial charge in [0.15, 0.2) is 11.5 Å². The second-order valence-corrected chi connectivity index (χ2v) is 8.18. The molecule has 0 saturated heterocycles. The molecular formula is C24H27N5O4. The molecule has 1 amide bonds. The number of hydrogen-bond acceptors (Lipinski definition) is 6. The number of imidazole rings is 1. The van der Waals surface area contributed by atoms with Crippen molar-refractivity contribution in [2.75, 3.05) is 14.2 Å². The number of para-hydroxylation sites is 2. The molecule has 1 N–H and O–H groups in total. The molecule has 2 heterocycles. The number of carbonyl (C=O) groups excluding carboxylic acids is 1. The SMILES string of the molecule is COc1ccc2cnn(CC(=O)N[C@H](c3nc4ccccc4n3C)C(C)C)c(=O)c2c1OC. The zero-order chi connectivity index (χ0) is 23.7. The highest BCUT2D eigenvalue weighted by Gasteiger charge is 2.24. The average Bonchev–Trinajstić information content (AvgIpc) is 3.14. The quantitative estimate of drug-likeness (QED) is 0.466. The molecule has 33 heavy (non-hydrogen) atoms. The molecule has 9 nitrogen and oxygen atoms in total. The lowest BCUT2D eigenvalue weighted by molar-refractivity contribution is -0.123. The molecule has 4 rings (SSSR count). The molecule has 0 unspecified atom stereocenters. The summed E-state index contributed by atoms with van der Waals surface area (Å²) in [5.74, 6) is 1.25. The van der Waals surface area contributed by atoms with Crippen molar-refractivity contribution in [3.63, 3.8) is 0 Å². The molecule has 172 valence electrons. The van der Waals surface area contributed by atoms with Gasteiger partial charge in [-0.05, 0) is 30.2 Å². The molecule has 0 saturated carbocycles. The van der Waals surface area contributed by atoms with Crippen molar-refractivity contribution in [2.45, 2.75) is 26.4 Å². The van der Waals surface area contributed by atoms with Crippen molar-refractivity contribution in [1.82, 2.24) is 24.6 Å². The lowest BCUT2D eigenvalue weighted by Crippen LogP contribution is -2.38. The minimum Gasteiger partial charge on any atom is -0.493 e. The molecule has 9 heteroatoms. The van der Waals surface area contributed by atoms with E-state index in [2.05, 4.69) is 10.4 Å². The maximum absolute atomic E-state index is 13.1. The van der Waals surface area contributed by atoms with Crippen LogP contribution in [0.15, 0.2) is 47.4 Å². The van der Waals surface area contributed by atoms with Crippen molar-refractivity contribution in [3.05, 3.63) is 58.8 Å². The number of benzene rings is 2. The Morgan fingerprint density at radius 3 is 2.55 bits per heavy atom. The summed E-state index contributed by atoms with van der Waals surface area (Å²) < 4.78 is 13.8. The number of nitrogens with zero attached hydrogens (tertiary/aromatic N) is 4. The van der Waals surface area contributed by atoms with E-state index in [1.807, 2.05) is 49.7 Å². The highest BCUT2D eigenvalue weighted by atomic mass is 16.5. The van der Waals surface area contributed by atoms with Crippen LogP contribution in [0.1, 0.15) is 25.7 Å². The first-order valence-electron chi connectivity index (χ1n) is 10.7. The minimum atomic E-state index is -0.428. The Morgan fingerprint density at radius 1 is 1.12 bits per heavy atom. The van der Waals surface area contributed by atoms with Gasteiger partial charge in [-0.15, -0.1) is 0 Å². The summed E-state index contributed by atoms with van der Waals surface area (Å²) in [6.45, 7) is 3.80. The molecule has 2 aromatic carbocycles. The van der Waals surface area contributed by atoms with E-state index in [0.29, 0.717) is 22.3 Å². The summed E-state index contributed by atoms with van der Waals surface area (Å²) in [6, 6.07) is 10.9. The van der Waals surface area contributed by atoms with Crippen LogP contribution in [-0.4, -0.2) is 39.5 Å². The van der Waals surface area contributed by atoms with Crippen LogP contribution in [-0.2, 0) is 18.4 Å². The zero-order valence-electron chi connectivity index (χ0n) is 19.3. The predicted octanol–water partition coefficient (Wildman–Crippen LogP) is 2.81. The van der Waals surface area contributed by atoms with Crippen LogP contribution in [0.3, 0.4) is 0 Å². The second-order valence-electron chi connectivity index (χ2n) is 8.18. The zero-order valence-corrected chi connectivity index (χ0v) is 19.3. The van der Waals surface area contributed by atoms with Gasteiger partial charge in [0.05, 0.1) is 42.9 Å². The Hall–Kier alpha value is -3.88. The van der Waals surface area contributed by atoms with E-state index in [1.165, 1.54) is 20.4 Å². The van der Waals surface area contributed by atoms with E-state index in [0.717, 1.165) is 21.5 Å². The standard InChI is InChI=1S/C24H27N5O4/c1-14(2)21(23-26-16-8-6-7-9-17(16)28(23)3)27-19(30)13-29-24(31)20-15(12-25-29)10-11-18(32-4)22(20)33-5/h6-12,14,21H,13H2,1-5H3,(H,27,30)/t21-/m0/s1. The molecule has 4 aromatic rings. The van der Waals surface area contributed by atoms with Crippen molar-refractivity contribution >= 4 is 27.7 Å². The van der Waals surface area contributed by atoms with Gasteiger partial charge >= 0.3 is 0 Å². The summed E-state index contributed by atoms with van der Waals surface area (Å²) in [5, 5.41) is 8.13. The molecule has 0 spiro atoms. The topological polar surface area (TPSA) is 100 Å². The van der Waals surface area contributed by atoms with Gasteiger partial charge < -0.3 is 19.4 Å². The predicted molar refractivity (Wildman–Crippen MR) is 126 cm³/mol. The highest BCUT2D eigenvalue weighted by Crippen LogP contribution is 2.32.